The molecule has 3 heterocycles. The molecule has 1 unspecified atom stereocenters. The Hall–Kier alpha value is -1.89. The van der Waals surface area contributed by atoms with Crippen LogP contribution in [0.4, 0.5) is 5.95 Å². The average Bonchev–Trinajstić information content (AvgIpc) is 2.81. The molecular weight excluding hydrogens is 252 g/mol. The van der Waals surface area contributed by atoms with Crippen molar-refractivity contribution in [2.45, 2.75) is 13.0 Å². The summed E-state index contributed by atoms with van der Waals surface area (Å²) in [5.41, 5.74) is 1.82. The van der Waals surface area contributed by atoms with Gasteiger partial charge in [-0.15, -0.1) is 5.10 Å². The summed E-state index contributed by atoms with van der Waals surface area (Å²) in [7, 11) is -3.06. The lowest BCUT2D eigenvalue weighted by Gasteiger charge is -2.05. The van der Waals surface area contributed by atoms with E-state index in [4.69, 9.17) is 0 Å². The summed E-state index contributed by atoms with van der Waals surface area (Å²) < 4.78 is 24.2. The predicted octanol–water partition coefficient (Wildman–Crippen LogP) is 0.760. The molecular formula is C11H12N4O2S. The standard InChI is InChI=1S/C11H12N4O2S/c1-8-2-3-10-13-11(14-15(10)6-8)12-9-4-5-18(16,17)7-9/h2-6,9H,7H2,1H3,(H,12,14). The molecule has 0 aromatic carbocycles. The van der Waals surface area contributed by atoms with Crippen LogP contribution in [0.5, 0.6) is 0 Å². The van der Waals surface area contributed by atoms with Crippen LogP contribution in [0.1, 0.15) is 5.56 Å². The van der Waals surface area contributed by atoms with E-state index in [9.17, 15) is 8.42 Å². The van der Waals surface area contributed by atoms with Crippen molar-refractivity contribution in [1.29, 1.82) is 0 Å². The number of rotatable bonds is 2. The SMILES string of the molecule is Cc1ccc2nc(NC3C=CS(=O)(=O)C3)nn2c1. The Morgan fingerprint density at radius 2 is 2.28 bits per heavy atom. The second kappa shape index (κ2) is 3.81. The minimum absolute atomic E-state index is 0.0571. The van der Waals surface area contributed by atoms with E-state index >= 15 is 0 Å². The lowest BCUT2D eigenvalue weighted by Crippen LogP contribution is -2.21. The fourth-order valence-corrected chi connectivity index (χ4v) is 3.11. The van der Waals surface area contributed by atoms with Crippen molar-refractivity contribution in [1.82, 2.24) is 14.6 Å². The maximum Gasteiger partial charge on any atom is 0.243 e. The highest BCUT2D eigenvalue weighted by Crippen LogP contribution is 2.13. The number of hydrogen-bond donors (Lipinski definition) is 1. The first kappa shape index (κ1) is 11.2. The number of nitrogens with one attached hydrogen (secondary N) is 1. The number of sulfone groups is 1. The number of nitrogens with zero attached hydrogens (tertiary/aromatic N) is 3. The van der Waals surface area contributed by atoms with Gasteiger partial charge in [-0.2, -0.15) is 4.98 Å². The molecule has 0 radical (unpaired) electrons. The molecule has 2 aromatic rings. The van der Waals surface area contributed by atoms with E-state index in [0.717, 1.165) is 11.2 Å². The van der Waals surface area contributed by atoms with Gasteiger partial charge in [-0.3, -0.25) is 0 Å². The molecule has 1 aliphatic rings. The third kappa shape index (κ3) is 2.08. The van der Waals surface area contributed by atoms with Gasteiger partial charge in [-0.25, -0.2) is 12.9 Å². The first-order valence-corrected chi connectivity index (χ1v) is 7.24. The van der Waals surface area contributed by atoms with Gasteiger partial charge >= 0.3 is 0 Å². The summed E-state index contributed by atoms with van der Waals surface area (Å²) in [5, 5.41) is 8.47. The number of anilines is 1. The molecule has 0 amide bonds. The van der Waals surface area contributed by atoms with Crippen molar-refractivity contribution in [3.8, 4) is 0 Å². The van der Waals surface area contributed by atoms with E-state index < -0.39 is 9.84 Å². The van der Waals surface area contributed by atoms with Gasteiger partial charge in [0.15, 0.2) is 15.5 Å². The van der Waals surface area contributed by atoms with Gasteiger partial charge < -0.3 is 5.32 Å². The molecule has 18 heavy (non-hydrogen) atoms. The summed E-state index contributed by atoms with van der Waals surface area (Å²) in [6.07, 6.45) is 3.49. The zero-order chi connectivity index (χ0) is 12.8. The molecule has 6 nitrogen and oxygen atoms in total. The van der Waals surface area contributed by atoms with Crippen LogP contribution >= 0.6 is 0 Å². The first-order chi connectivity index (χ1) is 8.52. The minimum Gasteiger partial charge on any atom is -0.346 e. The van der Waals surface area contributed by atoms with Gasteiger partial charge in [0.2, 0.25) is 5.95 Å². The topological polar surface area (TPSA) is 76.4 Å². The lowest BCUT2D eigenvalue weighted by molar-refractivity contribution is 0.605. The number of fused-ring (bicyclic) bond motifs is 1. The second-order valence-corrected chi connectivity index (χ2v) is 6.28. The highest BCUT2D eigenvalue weighted by Gasteiger charge is 2.22. The Morgan fingerprint density at radius 3 is 3.00 bits per heavy atom. The van der Waals surface area contributed by atoms with Crippen molar-refractivity contribution in [2.24, 2.45) is 0 Å². The van der Waals surface area contributed by atoms with Crippen molar-refractivity contribution in [2.75, 3.05) is 11.1 Å². The molecule has 0 saturated heterocycles. The van der Waals surface area contributed by atoms with Gasteiger partial charge in [-0.1, -0.05) is 6.07 Å². The van der Waals surface area contributed by atoms with Crippen molar-refractivity contribution >= 4 is 21.4 Å². The molecule has 0 fully saturated rings. The van der Waals surface area contributed by atoms with E-state index in [2.05, 4.69) is 15.4 Å². The minimum atomic E-state index is -3.06. The highest BCUT2D eigenvalue weighted by molar-refractivity contribution is 7.94. The van der Waals surface area contributed by atoms with Gasteiger partial charge in [-0.05, 0) is 24.6 Å². The van der Waals surface area contributed by atoms with E-state index in [1.807, 2.05) is 25.3 Å². The fraction of sp³-hybridized carbons (Fsp3) is 0.273. The average molecular weight is 264 g/mol. The smallest absolute Gasteiger partial charge is 0.243 e. The molecule has 1 atom stereocenters. The van der Waals surface area contributed by atoms with E-state index in [1.54, 1.807) is 10.6 Å². The molecule has 3 rings (SSSR count). The van der Waals surface area contributed by atoms with Crippen LogP contribution in [0, 0.1) is 6.92 Å². The number of hydrogen-bond acceptors (Lipinski definition) is 5. The fourth-order valence-electron chi connectivity index (χ4n) is 1.88. The summed E-state index contributed by atoms with van der Waals surface area (Å²) in [5.74, 6) is 0.494. The van der Waals surface area contributed by atoms with Gasteiger partial charge in [0, 0.05) is 11.6 Å². The Labute approximate surface area is 104 Å². The van der Waals surface area contributed by atoms with Crippen LogP contribution in [0.25, 0.3) is 5.65 Å². The molecule has 1 aliphatic heterocycles. The number of pyridine rings is 1. The number of aryl methyl sites for hydroxylation is 1. The summed E-state index contributed by atoms with van der Waals surface area (Å²) in [6.45, 7) is 1.97. The highest BCUT2D eigenvalue weighted by atomic mass is 32.2. The van der Waals surface area contributed by atoms with Crippen LogP contribution in [-0.2, 0) is 9.84 Å². The molecule has 1 N–H and O–H groups in total. The van der Waals surface area contributed by atoms with Crippen molar-refractivity contribution in [3.05, 3.63) is 35.4 Å². The Kier molecular flexibility index (Phi) is 2.37. The maximum absolute atomic E-state index is 11.3. The second-order valence-electron chi connectivity index (χ2n) is 4.35. The van der Waals surface area contributed by atoms with Crippen molar-refractivity contribution < 1.29 is 8.42 Å². The Morgan fingerprint density at radius 1 is 1.44 bits per heavy atom. The normalized spacial score (nSPS) is 21.5. The van der Waals surface area contributed by atoms with Crippen LogP contribution in [-0.4, -0.2) is 34.8 Å². The monoisotopic (exact) mass is 264 g/mol. The predicted molar refractivity (Wildman–Crippen MR) is 68.1 cm³/mol. The van der Waals surface area contributed by atoms with Gasteiger partial charge in [0.1, 0.15) is 0 Å². The maximum atomic E-state index is 11.3. The Bertz CT molecular complexity index is 733. The third-order valence-corrected chi connectivity index (χ3v) is 4.12. The molecule has 0 spiro atoms. The molecule has 94 valence electrons. The molecule has 7 heteroatoms. The van der Waals surface area contributed by atoms with Gasteiger partial charge in [0.25, 0.3) is 0 Å². The number of aromatic nitrogens is 3. The van der Waals surface area contributed by atoms with Crippen LogP contribution < -0.4 is 5.32 Å². The summed E-state index contributed by atoms with van der Waals surface area (Å²) >= 11 is 0. The summed E-state index contributed by atoms with van der Waals surface area (Å²) in [6, 6.07) is 3.57. The molecule has 0 saturated carbocycles. The zero-order valence-electron chi connectivity index (χ0n) is 9.74. The largest absolute Gasteiger partial charge is 0.346 e. The van der Waals surface area contributed by atoms with E-state index in [-0.39, 0.29) is 11.8 Å². The van der Waals surface area contributed by atoms with Crippen LogP contribution in [0.15, 0.2) is 29.8 Å². The molecule has 0 bridgehead atoms. The molecule has 0 aliphatic carbocycles. The van der Waals surface area contributed by atoms with Crippen LogP contribution in [0.3, 0.4) is 0 Å². The quantitative estimate of drug-likeness (QED) is 0.866. The summed E-state index contributed by atoms with van der Waals surface area (Å²) in [4.78, 5) is 4.28. The van der Waals surface area contributed by atoms with Gasteiger partial charge in [0.05, 0.1) is 11.8 Å². The van der Waals surface area contributed by atoms with Crippen molar-refractivity contribution in [3.63, 3.8) is 0 Å². The third-order valence-electron chi connectivity index (χ3n) is 2.72. The molecule has 2 aromatic heterocycles. The first-order valence-electron chi connectivity index (χ1n) is 5.52. The van der Waals surface area contributed by atoms with E-state index in [1.165, 1.54) is 5.41 Å². The zero-order valence-corrected chi connectivity index (χ0v) is 10.6. The Balaban J connectivity index is 1.86. The van der Waals surface area contributed by atoms with E-state index in [0.29, 0.717) is 5.95 Å². The van der Waals surface area contributed by atoms with Crippen LogP contribution in [0.2, 0.25) is 0 Å². The lowest BCUT2D eigenvalue weighted by atomic mass is 10.3.